The Morgan fingerprint density at radius 2 is 0.842 bits per heavy atom. The third-order valence-corrected chi connectivity index (χ3v) is 13.7. The Kier molecular flexibility index (Phi) is 7.12. The van der Waals surface area contributed by atoms with Crippen LogP contribution in [-0.2, 0) is 16.5 Å². The summed E-state index contributed by atoms with van der Waals surface area (Å²) in [4.78, 5) is 0. The van der Waals surface area contributed by atoms with E-state index >= 15 is 0 Å². The fourth-order valence-corrected chi connectivity index (χ4v) is 14.6. The van der Waals surface area contributed by atoms with Gasteiger partial charge in [-0.2, -0.15) is 0 Å². The molecule has 0 N–H and O–H groups in total. The summed E-state index contributed by atoms with van der Waals surface area (Å²) in [6, 6.07) is 0. The summed E-state index contributed by atoms with van der Waals surface area (Å²) in [6.45, 7) is 21.4. The van der Waals surface area contributed by atoms with Gasteiger partial charge in [0.15, 0.2) is 25.0 Å². The second kappa shape index (κ2) is 6.79. The molecule has 114 valence electrons. The summed E-state index contributed by atoms with van der Waals surface area (Å²) in [7, 11) is -8.07. The Morgan fingerprint density at radius 3 is 1.00 bits per heavy atom. The van der Waals surface area contributed by atoms with Crippen LogP contribution in [0.1, 0.15) is 0 Å². The minimum atomic E-state index is -3.00. The Bertz CT molecular complexity index is 238. The summed E-state index contributed by atoms with van der Waals surface area (Å²) in [6.07, 6.45) is 0. The van der Waals surface area contributed by atoms with Crippen LogP contribution in [-0.4, -0.2) is 43.8 Å². The average Bonchev–Trinajstić information content (AvgIpc) is 1.90. The first-order valence-corrected chi connectivity index (χ1v) is 19.9. The molecule has 0 rings (SSSR count). The molecular weight excluding hydrogens is 325 g/mol. The first kappa shape index (κ1) is 19.9. The monoisotopic (exact) mass is 354 g/mol. The van der Waals surface area contributed by atoms with Crippen LogP contribution in [0.4, 0.5) is 0 Å². The maximum atomic E-state index is 6.31. The Labute approximate surface area is 126 Å². The van der Waals surface area contributed by atoms with Crippen molar-refractivity contribution in [3.8, 4) is 0 Å². The minimum Gasteiger partial charge on any atom is -0.396 e. The molecule has 0 amide bonds. The summed E-state index contributed by atoms with van der Waals surface area (Å²) < 4.78 is 24.9. The van der Waals surface area contributed by atoms with E-state index in [1.807, 2.05) is 6.55 Å². The van der Waals surface area contributed by atoms with E-state index in [4.69, 9.17) is 16.5 Å². The van der Waals surface area contributed by atoms with Gasteiger partial charge >= 0.3 is 9.05 Å². The second-order valence-electron chi connectivity index (χ2n) is 7.45. The van der Waals surface area contributed by atoms with Crippen molar-refractivity contribution >= 4 is 43.8 Å². The van der Waals surface area contributed by atoms with Crippen LogP contribution >= 0.6 is 0 Å². The number of hydrogen-bond donors (Lipinski definition) is 0. The maximum absolute atomic E-state index is 6.31. The zero-order chi connectivity index (χ0) is 15.5. The van der Waals surface area contributed by atoms with Crippen LogP contribution in [0.25, 0.3) is 0 Å². The molecule has 0 unspecified atom stereocenters. The fraction of sp³-hybridized carbons (Fsp3) is 1.00. The molecule has 0 aromatic rings. The third kappa shape index (κ3) is 10.3. The lowest BCUT2D eigenvalue weighted by Gasteiger charge is -2.40. The molecule has 0 aromatic heterocycles. The molecule has 0 saturated heterocycles. The smallest absolute Gasteiger partial charge is 0.396 e. The van der Waals surface area contributed by atoms with Gasteiger partial charge in [-0.25, -0.2) is 0 Å². The van der Waals surface area contributed by atoms with Crippen molar-refractivity contribution in [2.24, 2.45) is 0 Å². The van der Waals surface area contributed by atoms with Crippen LogP contribution in [0.2, 0.25) is 65.5 Å². The van der Waals surface area contributed by atoms with E-state index < -0.39 is 34.0 Å². The van der Waals surface area contributed by atoms with Gasteiger partial charge in [-0.3, -0.25) is 0 Å². The highest BCUT2D eigenvalue weighted by Gasteiger charge is 2.53. The highest BCUT2D eigenvalue weighted by Crippen LogP contribution is 2.26. The fourth-order valence-electron chi connectivity index (χ4n) is 1.38. The molecule has 0 bridgehead atoms. The lowest BCUT2D eigenvalue weighted by Crippen LogP contribution is -2.62. The van der Waals surface area contributed by atoms with Gasteiger partial charge in [-0.15, -0.1) is 0 Å². The van der Waals surface area contributed by atoms with Crippen LogP contribution in [0.3, 0.4) is 0 Å². The molecule has 0 heterocycles. The van der Waals surface area contributed by atoms with E-state index in [1.54, 1.807) is 0 Å². The lowest BCUT2D eigenvalue weighted by atomic mass is 11.8. The normalized spacial score (nSPS) is 14.8. The largest absolute Gasteiger partial charge is 0.636 e. The standard InChI is InChI=1S/C10H30O4Si5/c1-15-11-19(12-16(2,3)4,13-17(5,6)7)14-18(8,9)10/h1-10H3. The van der Waals surface area contributed by atoms with Gasteiger partial charge in [0.25, 0.3) is 0 Å². The molecule has 0 aliphatic carbocycles. The molecule has 0 fully saturated rings. The SMILES string of the molecule is C[Si]O[Si](O[Si](C)(C)C)(O[Si](C)(C)C)O[Si](C)(C)C. The van der Waals surface area contributed by atoms with E-state index in [2.05, 4.69) is 58.9 Å². The van der Waals surface area contributed by atoms with Crippen LogP contribution in [0, 0.1) is 0 Å². The molecule has 0 saturated carbocycles. The molecule has 0 aromatic carbocycles. The quantitative estimate of drug-likeness (QED) is 0.623. The second-order valence-corrected chi connectivity index (χ2v) is 24.8. The number of hydrogen-bond acceptors (Lipinski definition) is 4. The third-order valence-electron chi connectivity index (χ3n) is 1.52. The maximum Gasteiger partial charge on any atom is 0.636 e. The van der Waals surface area contributed by atoms with Gasteiger partial charge in [-0.05, 0) is 65.5 Å². The average molecular weight is 355 g/mol. The van der Waals surface area contributed by atoms with E-state index in [9.17, 15) is 0 Å². The Morgan fingerprint density at radius 1 is 0.579 bits per heavy atom. The molecule has 2 radical (unpaired) electrons. The zero-order valence-corrected chi connectivity index (χ0v) is 19.1. The Balaban J connectivity index is 5.34. The summed E-state index contributed by atoms with van der Waals surface area (Å²) in [5.41, 5.74) is 0. The molecule has 19 heavy (non-hydrogen) atoms. The summed E-state index contributed by atoms with van der Waals surface area (Å²) >= 11 is 0. The topological polar surface area (TPSA) is 36.9 Å². The number of rotatable bonds is 8. The van der Waals surface area contributed by atoms with Crippen LogP contribution in [0.15, 0.2) is 0 Å². The molecule has 4 nitrogen and oxygen atoms in total. The van der Waals surface area contributed by atoms with Crippen molar-refractivity contribution < 1.29 is 16.5 Å². The van der Waals surface area contributed by atoms with Crippen molar-refractivity contribution in [1.29, 1.82) is 0 Å². The van der Waals surface area contributed by atoms with Gasteiger partial charge in [0.05, 0.1) is 0 Å². The Hall–Kier alpha value is 0.924. The van der Waals surface area contributed by atoms with Crippen molar-refractivity contribution in [2.75, 3.05) is 0 Å². The van der Waals surface area contributed by atoms with E-state index in [1.165, 1.54) is 0 Å². The molecule has 0 aliphatic heterocycles. The molecule has 9 heteroatoms. The van der Waals surface area contributed by atoms with E-state index in [0.29, 0.717) is 9.76 Å². The van der Waals surface area contributed by atoms with Gasteiger partial charge < -0.3 is 16.5 Å². The first-order valence-electron chi connectivity index (χ1n) is 6.63. The molecule has 0 aliphatic rings. The molecule has 0 spiro atoms. The van der Waals surface area contributed by atoms with Crippen molar-refractivity contribution in [1.82, 2.24) is 0 Å². The van der Waals surface area contributed by atoms with E-state index in [-0.39, 0.29) is 0 Å². The van der Waals surface area contributed by atoms with Crippen LogP contribution < -0.4 is 0 Å². The predicted octanol–water partition coefficient (Wildman–Crippen LogP) is 3.66. The molecule has 0 atom stereocenters. The van der Waals surface area contributed by atoms with Crippen molar-refractivity contribution in [3.05, 3.63) is 0 Å². The van der Waals surface area contributed by atoms with Gasteiger partial charge in [0.1, 0.15) is 0 Å². The molecular formula is C10H30O4Si5. The summed E-state index contributed by atoms with van der Waals surface area (Å²) in [5.74, 6) is 0. The van der Waals surface area contributed by atoms with Gasteiger partial charge in [-0.1, -0.05) is 0 Å². The first-order chi connectivity index (χ1) is 8.18. The van der Waals surface area contributed by atoms with Gasteiger partial charge in [0.2, 0.25) is 9.76 Å². The summed E-state index contributed by atoms with van der Waals surface area (Å²) in [5, 5.41) is 0. The highest BCUT2D eigenvalue weighted by molar-refractivity contribution is 6.88. The zero-order valence-electron chi connectivity index (χ0n) is 14.1. The van der Waals surface area contributed by atoms with Crippen molar-refractivity contribution in [2.45, 2.75) is 65.5 Å². The predicted molar refractivity (Wildman–Crippen MR) is 91.8 cm³/mol. The van der Waals surface area contributed by atoms with E-state index in [0.717, 1.165) is 0 Å². The van der Waals surface area contributed by atoms with Gasteiger partial charge in [0, 0.05) is 0 Å². The van der Waals surface area contributed by atoms with Crippen LogP contribution in [0.5, 0.6) is 0 Å². The minimum absolute atomic E-state index is 0.320. The highest BCUT2D eigenvalue weighted by atomic mass is 28.5. The van der Waals surface area contributed by atoms with Crippen molar-refractivity contribution in [3.63, 3.8) is 0 Å². The lowest BCUT2D eigenvalue weighted by molar-refractivity contribution is 0.156.